The molecule has 0 saturated heterocycles. The number of carboxylic acid groups (broad SMARTS) is 1. The van der Waals surface area contributed by atoms with Crippen LogP contribution in [0.1, 0.15) is 32.3 Å². The van der Waals surface area contributed by atoms with E-state index in [1.165, 1.54) is 6.26 Å². The average Bonchev–Trinajstić information content (AvgIpc) is 2.83. The molecule has 3 aromatic carbocycles. The largest absolute Gasteiger partial charge is 0.481 e. The fourth-order valence-corrected chi connectivity index (χ4v) is 4.30. The highest BCUT2D eigenvalue weighted by Gasteiger charge is 2.20. The molecule has 3 aromatic rings. The molecular formula is C27H31N3O6S. The maximum atomic E-state index is 12.9. The molecule has 0 saturated carbocycles. The van der Waals surface area contributed by atoms with Crippen molar-refractivity contribution in [3.8, 4) is 16.9 Å². The van der Waals surface area contributed by atoms with Crippen molar-refractivity contribution in [2.75, 3.05) is 11.6 Å². The van der Waals surface area contributed by atoms with Crippen LogP contribution in [0.25, 0.3) is 11.1 Å². The van der Waals surface area contributed by atoms with Crippen LogP contribution in [0.2, 0.25) is 0 Å². The van der Waals surface area contributed by atoms with Crippen molar-refractivity contribution >= 4 is 33.2 Å². The number of amidine groups is 1. The minimum Gasteiger partial charge on any atom is -0.481 e. The Morgan fingerprint density at radius 1 is 1.05 bits per heavy atom. The third kappa shape index (κ3) is 9.08. The highest BCUT2D eigenvalue weighted by atomic mass is 32.2. The Morgan fingerprint density at radius 2 is 1.68 bits per heavy atom. The number of hydrogen-bond donors (Lipinski definition) is 4. The van der Waals surface area contributed by atoms with Gasteiger partial charge >= 0.3 is 0 Å². The summed E-state index contributed by atoms with van der Waals surface area (Å²) in [6, 6.07) is 20.6. The van der Waals surface area contributed by atoms with E-state index in [0.717, 1.165) is 18.9 Å². The Kier molecular flexibility index (Phi) is 10.4. The maximum absolute atomic E-state index is 12.9. The van der Waals surface area contributed by atoms with E-state index in [9.17, 15) is 13.2 Å². The van der Waals surface area contributed by atoms with Gasteiger partial charge in [-0.1, -0.05) is 55.8 Å². The minimum absolute atomic E-state index is 0.0746. The lowest BCUT2D eigenvalue weighted by Gasteiger charge is -2.19. The second kappa shape index (κ2) is 13.2. The number of benzene rings is 3. The number of nitrogen functional groups attached to an aromatic ring is 1. The molecule has 0 radical (unpaired) electrons. The normalized spacial score (nSPS) is 11.4. The van der Waals surface area contributed by atoms with E-state index in [1.807, 2.05) is 6.92 Å². The number of aliphatic carboxylic acids is 1. The topological polar surface area (TPSA) is 160 Å². The first-order chi connectivity index (χ1) is 17.4. The lowest BCUT2D eigenvalue weighted by molar-refractivity contribution is -0.134. The molecule has 0 aliphatic heterocycles. The molecule has 0 heterocycles. The number of nitrogens with one attached hydrogen (secondary N) is 2. The second-order valence-corrected chi connectivity index (χ2v) is 10.2. The zero-order valence-corrected chi connectivity index (χ0v) is 21.7. The Labute approximate surface area is 216 Å². The van der Waals surface area contributed by atoms with Crippen LogP contribution < -0.4 is 15.8 Å². The molecule has 9 nitrogen and oxygen atoms in total. The lowest BCUT2D eigenvalue weighted by atomic mass is 10.1. The molecule has 0 spiro atoms. The van der Waals surface area contributed by atoms with E-state index >= 15 is 0 Å². The van der Waals surface area contributed by atoms with Crippen molar-refractivity contribution in [3.63, 3.8) is 0 Å². The molecule has 196 valence electrons. The zero-order valence-electron chi connectivity index (χ0n) is 20.9. The molecular weight excluding hydrogens is 494 g/mol. The Bertz CT molecular complexity index is 1350. The molecule has 1 atom stereocenters. The van der Waals surface area contributed by atoms with E-state index in [4.69, 9.17) is 25.8 Å². The van der Waals surface area contributed by atoms with Gasteiger partial charge < -0.3 is 20.9 Å². The van der Waals surface area contributed by atoms with E-state index in [-0.39, 0.29) is 16.6 Å². The molecule has 1 amide bonds. The molecule has 10 heteroatoms. The van der Waals surface area contributed by atoms with Crippen molar-refractivity contribution in [2.45, 2.75) is 37.7 Å². The summed E-state index contributed by atoms with van der Waals surface area (Å²) in [4.78, 5) is 22.1. The Hall–Kier alpha value is -4.18. The Morgan fingerprint density at radius 3 is 2.24 bits per heavy atom. The summed E-state index contributed by atoms with van der Waals surface area (Å²) >= 11 is 0. The molecule has 37 heavy (non-hydrogen) atoms. The summed E-state index contributed by atoms with van der Waals surface area (Å²) in [5.74, 6) is -0.743. The average molecular weight is 526 g/mol. The molecule has 5 N–H and O–H groups in total. The predicted molar refractivity (Wildman–Crippen MR) is 144 cm³/mol. The SMILES string of the molecule is CC(=O)O.CCCC(Oc1cccc(C(=N)N)c1)C(=O)Nc1ccc(-c2ccccc2S(C)(=O)=O)cc1. The van der Waals surface area contributed by atoms with Gasteiger partial charge in [0, 0.05) is 30.0 Å². The van der Waals surface area contributed by atoms with Crippen LogP contribution in [0.5, 0.6) is 5.75 Å². The van der Waals surface area contributed by atoms with Crippen LogP contribution >= 0.6 is 0 Å². The van der Waals surface area contributed by atoms with Crippen LogP contribution in [-0.4, -0.2) is 43.6 Å². The summed E-state index contributed by atoms with van der Waals surface area (Å²) in [6.45, 7) is 3.05. The number of nitrogens with two attached hydrogens (primary N) is 1. The second-order valence-electron chi connectivity index (χ2n) is 8.19. The molecule has 0 fully saturated rings. The number of hydrogen-bond acceptors (Lipinski definition) is 6. The van der Waals surface area contributed by atoms with Gasteiger partial charge in [-0.05, 0) is 42.3 Å². The van der Waals surface area contributed by atoms with Crippen molar-refractivity contribution in [1.82, 2.24) is 0 Å². The number of ether oxygens (including phenoxy) is 1. The van der Waals surface area contributed by atoms with Gasteiger partial charge in [0.1, 0.15) is 11.6 Å². The number of amides is 1. The quantitative estimate of drug-likeness (QED) is 0.239. The van der Waals surface area contributed by atoms with Crippen LogP contribution in [0.15, 0.2) is 77.7 Å². The van der Waals surface area contributed by atoms with E-state index in [0.29, 0.717) is 29.0 Å². The van der Waals surface area contributed by atoms with Crippen molar-refractivity contribution in [3.05, 3.63) is 78.4 Å². The summed E-state index contributed by atoms with van der Waals surface area (Å²) in [7, 11) is -3.37. The zero-order chi connectivity index (χ0) is 27.6. The first kappa shape index (κ1) is 29.1. The molecule has 0 aliphatic carbocycles. The van der Waals surface area contributed by atoms with E-state index < -0.39 is 21.9 Å². The van der Waals surface area contributed by atoms with Gasteiger partial charge in [-0.15, -0.1) is 0 Å². The van der Waals surface area contributed by atoms with Crippen LogP contribution in [0.4, 0.5) is 5.69 Å². The summed E-state index contributed by atoms with van der Waals surface area (Å²) in [5, 5.41) is 17.8. The van der Waals surface area contributed by atoms with Gasteiger partial charge in [0.25, 0.3) is 11.9 Å². The van der Waals surface area contributed by atoms with Gasteiger partial charge in [-0.2, -0.15) is 0 Å². The number of carbonyl (C=O) groups excluding carboxylic acids is 1. The smallest absolute Gasteiger partial charge is 0.300 e. The fourth-order valence-electron chi connectivity index (χ4n) is 3.39. The molecule has 3 rings (SSSR count). The van der Waals surface area contributed by atoms with Crippen LogP contribution in [-0.2, 0) is 19.4 Å². The molecule has 1 unspecified atom stereocenters. The number of sulfone groups is 1. The van der Waals surface area contributed by atoms with E-state index in [1.54, 1.807) is 72.8 Å². The van der Waals surface area contributed by atoms with Gasteiger partial charge in [-0.25, -0.2) is 8.42 Å². The fraction of sp³-hybridized carbons (Fsp3) is 0.222. The first-order valence-electron chi connectivity index (χ1n) is 11.4. The predicted octanol–water partition coefficient (Wildman–Crippen LogP) is 4.32. The third-order valence-electron chi connectivity index (χ3n) is 5.02. The molecule has 0 aliphatic rings. The highest BCUT2D eigenvalue weighted by molar-refractivity contribution is 7.90. The number of rotatable bonds is 9. The van der Waals surface area contributed by atoms with Crippen molar-refractivity contribution in [2.24, 2.45) is 5.73 Å². The monoisotopic (exact) mass is 525 g/mol. The summed E-state index contributed by atoms with van der Waals surface area (Å²) < 4.78 is 30.1. The number of carboxylic acids is 1. The number of anilines is 1. The minimum atomic E-state index is -3.37. The van der Waals surface area contributed by atoms with Gasteiger partial charge in [0.2, 0.25) is 0 Å². The first-order valence-corrected chi connectivity index (χ1v) is 13.3. The van der Waals surface area contributed by atoms with Crippen LogP contribution in [0.3, 0.4) is 0 Å². The summed E-state index contributed by atoms with van der Waals surface area (Å²) in [5.41, 5.74) is 7.97. The highest BCUT2D eigenvalue weighted by Crippen LogP contribution is 2.28. The maximum Gasteiger partial charge on any atom is 0.300 e. The van der Waals surface area contributed by atoms with Gasteiger partial charge in [0.15, 0.2) is 15.9 Å². The molecule has 0 bridgehead atoms. The third-order valence-corrected chi connectivity index (χ3v) is 6.17. The Balaban J connectivity index is 0.00000112. The molecule has 0 aromatic heterocycles. The van der Waals surface area contributed by atoms with Crippen molar-refractivity contribution in [1.29, 1.82) is 5.41 Å². The summed E-state index contributed by atoms with van der Waals surface area (Å²) in [6.07, 6.45) is 1.71. The van der Waals surface area contributed by atoms with E-state index in [2.05, 4.69) is 5.32 Å². The number of carbonyl (C=O) groups is 2. The van der Waals surface area contributed by atoms with Gasteiger partial charge in [-0.3, -0.25) is 15.0 Å². The van der Waals surface area contributed by atoms with Gasteiger partial charge in [0.05, 0.1) is 4.90 Å². The standard InChI is InChI=1S/C25H27N3O4S.C2H4O2/c1-3-7-22(32-20-9-6-8-18(16-20)24(26)27)25(29)28-19-14-12-17(13-15-19)21-10-4-5-11-23(21)33(2,30)31;1-2(3)4/h4-6,8-16,22H,3,7H2,1-2H3,(H3,26,27)(H,28,29);1H3,(H,3,4). The van der Waals surface area contributed by atoms with Crippen LogP contribution in [0, 0.1) is 5.41 Å². The van der Waals surface area contributed by atoms with Crippen molar-refractivity contribution < 1.29 is 27.9 Å². The lowest BCUT2D eigenvalue weighted by Crippen LogP contribution is -2.33.